The summed E-state index contributed by atoms with van der Waals surface area (Å²) in [4.78, 5) is 21.8. The summed E-state index contributed by atoms with van der Waals surface area (Å²) in [5.74, 6) is 0.671. The highest BCUT2D eigenvalue weighted by Crippen LogP contribution is 2.36. The van der Waals surface area contributed by atoms with E-state index in [1.165, 1.54) is 6.21 Å². The van der Waals surface area contributed by atoms with Gasteiger partial charge in [0.25, 0.3) is 11.9 Å². The molecule has 9 nitrogen and oxygen atoms in total. The molecule has 1 amide bonds. The van der Waals surface area contributed by atoms with Crippen LogP contribution < -0.4 is 10.3 Å². The number of oxazole rings is 1. The Morgan fingerprint density at radius 3 is 2.75 bits per heavy atom. The molecule has 1 aromatic heterocycles. The molecule has 2 aliphatic heterocycles. The second-order valence-electron chi connectivity index (χ2n) is 8.03. The number of benzene rings is 2. The van der Waals surface area contributed by atoms with Crippen molar-refractivity contribution in [2.24, 2.45) is 16.9 Å². The first kappa shape index (κ1) is 19.8. The first-order chi connectivity index (χ1) is 15.7. The summed E-state index contributed by atoms with van der Waals surface area (Å²) in [6.07, 6.45) is 2.40. The van der Waals surface area contributed by atoms with Gasteiger partial charge in [-0.3, -0.25) is 10.2 Å². The van der Waals surface area contributed by atoms with Crippen molar-refractivity contribution in [1.29, 1.82) is 10.7 Å². The lowest BCUT2D eigenvalue weighted by molar-refractivity contribution is 0.0783. The van der Waals surface area contributed by atoms with Gasteiger partial charge >= 0.3 is 0 Å². The Kier molecular flexibility index (Phi) is 5.03. The van der Waals surface area contributed by atoms with E-state index in [0.29, 0.717) is 58.9 Å². The number of nitrogens with one attached hydrogen (secondary N) is 2. The van der Waals surface area contributed by atoms with Crippen molar-refractivity contribution in [3.8, 4) is 6.07 Å². The van der Waals surface area contributed by atoms with Gasteiger partial charge in [0, 0.05) is 44.2 Å². The maximum Gasteiger partial charge on any atom is 0.298 e. The van der Waals surface area contributed by atoms with Gasteiger partial charge in [-0.2, -0.15) is 15.3 Å². The van der Waals surface area contributed by atoms with E-state index in [2.05, 4.69) is 26.5 Å². The van der Waals surface area contributed by atoms with Gasteiger partial charge in [0.05, 0.1) is 29.1 Å². The number of carbonyl (C=O) groups is 1. The van der Waals surface area contributed by atoms with Crippen LogP contribution >= 0.6 is 0 Å². The maximum absolute atomic E-state index is 13.2. The van der Waals surface area contributed by atoms with Crippen LogP contribution in [0, 0.1) is 28.6 Å². The van der Waals surface area contributed by atoms with Gasteiger partial charge in [-0.15, -0.1) is 0 Å². The van der Waals surface area contributed by atoms with Gasteiger partial charge in [0.2, 0.25) is 0 Å². The van der Waals surface area contributed by atoms with E-state index in [4.69, 9.17) is 15.1 Å². The number of carbonyl (C=O) groups excluding carboxylic acids is 1. The molecule has 0 aliphatic carbocycles. The normalized spacial score (nSPS) is 20.0. The minimum atomic E-state index is -0.0231. The lowest BCUT2D eigenvalue weighted by atomic mass is 10.0. The number of hydrazone groups is 1. The lowest BCUT2D eigenvalue weighted by Crippen LogP contribution is -2.33. The largest absolute Gasteiger partial charge is 0.423 e. The molecule has 2 N–H and O–H groups in total. The molecule has 3 heterocycles. The average Bonchev–Trinajstić information content (AvgIpc) is 3.51. The smallest absolute Gasteiger partial charge is 0.298 e. The van der Waals surface area contributed by atoms with Crippen LogP contribution in [0.2, 0.25) is 0 Å². The lowest BCUT2D eigenvalue weighted by Gasteiger charge is -2.21. The summed E-state index contributed by atoms with van der Waals surface area (Å²) in [6.45, 7) is 2.90. The summed E-state index contributed by atoms with van der Waals surface area (Å²) in [5.41, 5.74) is 5.94. The summed E-state index contributed by atoms with van der Waals surface area (Å²) >= 11 is 0. The highest BCUT2D eigenvalue weighted by atomic mass is 16.4. The van der Waals surface area contributed by atoms with Gasteiger partial charge in [-0.1, -0.05) is 12.1 Å². The Morgan fingerprint density at radius 1 is 1.22 bits per heavy atom. The van der Waals surface area contributed by atoms with Crippen molar-refractivity contribution in [3.05, 3.63) is 53.6 Å². The highest BCUT2D eigenvalue weighted by Gasteiger charge is 2.43. The molecule has 2 fully saturated rings. The number of para-hydroxylation sites is 1. The number of likely N-dealkylation sites (tertiary alicyclic amines) is 1. The zero-order valence-electron chi connectivity index (χ0n) is 17.2. The van der Waals surface area contributed by atoms with E-state index in [1.54, 1.807) is 30.3 Å². The van der Waals surface area contributed by atoms with E-state index in [-0.39, 0.29) is 5.91 Å². The Morgan fingerprint density at radius 2 is 2.00 bits per heavy atom. The number of hydrogen-bond donors (Lipinski definition) is 2. The number of fused-ring (bicyclic) bond motifs is 2. The third kappa shape index (κ3) is 3.56. The summed E-state index contributed by atoms with van der Waals surface area (Å²) < 4.78 is 5.91. The van der Waals surface area contributed by atoms with Crippen LogP contribution in [0.3, 0.4) is 0 Å². The monoisotopic (exact) mass is 427 g/mol. The molecule has 0 bridgehead atoms. The summed E-state index contributed by atoms with van der Waals surface area (Å²) in [5, 5.41) is 20.0. The fourth-order valence-electron chi connectivity index (χ4n) is 4.52. The van der Waals surface area contributed by atoms with Crippen LogP contribution in [0.15, 0.2) is 52.0 Å². The van der Waals surface area contributed by atoms with Crippen LogP contribution in [-0.2, 0) is 0 Å². The second kappa shape index (κ2) is 8.15. The predicted molar refractivity (Wildman–Crippen MR) is 121 cm³/mol. The minimum absolute atomic E-state index is 0.0231. The number of nitriles is 1. The van der Waals surface area contributed by atoms with Crippen molar-refractivity contribution >= 4 is 41.1 Å². The van der Waals surface area contributed by atoms with Crippen LogP contribution in [0.4, 0.5) is 11.7 Å². The molecule has 32 heavy (non-hydrogen) atoms. The molecule has 2 saturated heterocycles. The maximum atomic E-state index is 13.2. The number of amides is 1. The fourth-order valence-corrected chi connectivity index (χ4v) is 4.52. The molecule has 0 radical (unpaired) electrons. The molecular weight excluding hydrogens is 406 g/mol. The van der Waals surface area contributed by atoms with Crippen LogP contribution in [0.1, 0.15) is 15.9 Å². The molecule has 3 aromatic rings. The molecule has 9 heteroatoms. The van der Waals surface area contributed by atoms with E-state index < -0.39 is 0 Å². The Hall–Kier alpha value is -4.19. The number of aromatic nitrogens is 1. The fraction of sp³-hybridized carbons (Fsp3) is 0.261. The molecule has 160 valence electrons. The molecule has 2 aliphatic rings. The second-order valence-corrected chi connectivity index (χ2v) is 8.03. The Balaban J connectivity index is 1.27. The minimum Gasteiger partial charge on any atom is -0.423 e. The highest BCUT2D eigenvalue weighted by molar-refractivity contribution is 6.14. The van der Waals surface area contributed by atoms with E-state index in [0.717, 1.165) is 19.3 Å². The topological polar surface area (TPSA) is 122 Å². The summed E-state index contributed by atoms with van der Waals surface area (Å²) in [7, 11) is 0. The van der Waals surface area contributed by atoms with Gasteiger partial charge in [-0.05, 0) is 30.3 Å². The Labute approximate surface area is 184 Å². The van der Waals surface area contributed by atoms with E-state index in [9.17, 15) is 4.79 Å². The van der Waals surface area contributed by atoms with E-state index >= 15 is 0 Å². The molecule has 2 unspecified atom stereocenters. The average molecular weight is 427 g/mol. The van der Waals surface area contributed by atoms with Gasteiger partial charge in [0.15, 0.2) is 5.58 Å². The molecule has 2 atom stereocenters. The third-order valence-corrected chi connectivity index (χ3v) is 6.04. The first-order valence-electron chi connectivity index (χ1n) is 10.4. The molecule has 5 rings (SSSR count). The molecular formula is C23H21N7O2. The molecule has 0 saturated carbocycles. The number of nitrogens with zero attached hydrogens (tertiary/aromatic N) is 5. The molecule has 0 spiro atoms. The van der Waals surface area contributed by atoms with E-state index in [1.807, 2.05) is 17.0 Å². The standard InChI is InChI=1S/C23H21N7O2/c24-7-8-26-28-19-4-2-1-3-18(19)22(31)29-11-16-13-30(14-17(16)12-29)23-27-20-9-15(10-25)5-6-21(20)32-23/h1-9,16-17,24,28H,11-14H2/b24-7?,26-8-. The number of rotatable bonds is 5. The van der Waals surface area contributed by atoms with Crippen molar-refractivity contribution in [2.75, 3.05) is 36.5 Å². The van der Waals surface area contributed by atoms with Gasteiger partial charge < -0.3 is 19.6 Å². The first-order valence-corrected chi connectivity index (χ1v) is 10.4. The zero-order chi connectivity index (χ0) is 22.1. The predicted octanol–water partition coefficient (Wildman–Crippen LogP) is 2.96. The SMILES string of the molecule is N#Cc1ccc2oc(N3CC4CN(C(=O)c5ccccc5N/N=C\C=N)CC4C3)nc2c1. The van der Waals surface area contributed by atoms with Crippen molar-refractivity contribution in [1.82, 2.24) is 9.88 Å². The quantitative estimate of drug-likeness (QED) is 0.477. The van der Waals surface area contributed by atoms with Crippen LogP contribution in [0.25, 0.3) is 11.1 Å². The van der Waals surface area contributed by atoms with Crippen LogP contribution in [0.5, 0.6) is 0 Å². The summed E-state index contributed by atoms with van der Waals surface area (Å²) in [6, 6.07) is 15.2. The van der Waals surface area contributed by atoms with Gasteiger partial charge in [0.1, 0.15) is 5.52 Å². The van der Waals surface area contributed by atoms with Crippen molar-refractivity contribution in [3.63, 3.8) is 0 Å². The van der Waals surface area contributed by atoms with Crippen molar-refractivity contribution in [2.45, 2.75) is 0 Å². The number of anilines is 2. The van der Waals surface area contributed by atoms with Crippen molar-refractivity contribution < 1.29 is 9.21 Å². The molecule has 2 aromatic carbocycles. The number of hydrogen-bond acceptors (Lipinski definition) is 8. The third-order valence-electron chi connectivity index (χ3n) is 6.04. The zero-order valence-corrected chi connectivity index (χ0v) is 17.2. The van der Waals surface area contributed by atoms with Gasteiger partial charge in [-0.25, -0.2) is 0 Å². The Bertz CT molecular complexity index is 1240. The van der Waals surface area contributed by atoms with Crippen LogP contribution in [-0.4, -0.2) is 54.4 Å².